The molecule has 70 heavy (non-hydrogen) atoms. The topological polar surface area (TPSA) is 185 Å². The third-order valence-electron chi connectivity index (χ3n) is 11.5. The van der Waals surface area contributed by atoms with E-state index in [1.807, 2.05) is 26.8 Å². The number of sulfonamides is 2. The number of aromatic nitrogens is 4. The van der Waals surface area contributed by atoms with Gasteiger partial charge in [0, 0.05) is 41.6 Å². The second-order valence-electron chi connectivity index (χ2n) is 17.8. The van der Waals surface area contributed by atoms with Gasteiger partial charge in [-0.1, -0.05) is 67.2 Å². The van der Waals surface area contributed by atoms with Gasteiger partial charge in [-0.2, -0.15) is 17.6 Å². The minimum Gasteiger partial charge on any atom is -0.444 e. The average molecular weight is 1010 g/mol. The van der Waals surface area contributed by atoms with Crippen molar-refractivity contribution in [1.29, 1.82) is 0 Å². The number of ether oxygens (including phenoxy) is 1. The van der Waals surface area contributed by atoms with Gasteiger partial charge < -0.3 is 23.4 Å². The van der Waals surface area contributed by atoms with Crippen LogP contribution in [0.25, 0.3) is 22.9 Å². The highest BCUT2D eigenvalue weighted by atomic mass is 32.2. The van der Waals surface area contributed by atoms with Crippen molar-refractivity contribution < 1.29 is 52.8 Å². The summed E-state index contributed by atoms with van der Waals surface area (Å²) in [6.07, 6.45) is -4.17. The van der Waals surface area contributed by atoms with Gasteiger partial charge in [0.05, 0.1) is 30.2 Å². The van der Waals surface area contributed by atoms with Crippen LogP contribution in [0.4, 0.5) is 33.7 Å². The molecule has 2 fully saturated rings. The minimum atomic E-state index is -3.71. The second kappa shape index (κ2) is 21.6. The Hall–Kier alpha value is -6.65. The van der Waals surface area contributed by atoms with Crippen molar-refractivity contribution in [2.24, 2.45) is 5.41 Å². The summed E-state index contributed by atoms with van der Waals surface area (Å²) < 4.78 is 121. The van der Waals surface area contributed by atoms with Gasteiger partial charge in [0.15, 0.2) is 0 Å². The van der Waals surface area contributed by atoms with Crippen molar-refractivity contribution in [2.75, 3.05) is 47.1 Å². The third-order valence-corrected chi connectivity index (χ3v) is 14.6. The molecule has 22 heteroatoms. The second-order valence-corrected chi connectivity index (χ2v) is 21.6. The number of para-hydroxylation sites is 2. The molecule has 0 atom stereocenters. The van der Waals surface area contributed by atoms with Gasteiger partial charge in [-0.15, -0.1) is 20.4 Å². The molecule has 1 amide bonds. The van der Waals surface area contributed by atoms with Crippen molar-refractivity contribution in [3.63, 3.8) is 0 Å². The molecule has 4 aromatic carbocycles. The van der Waals surface area contributed by atoms with Crippen molar-refractivity contribution in [3.05, 3.63) is 144 Å². The fraction of sp³-hybridized carbons (Fsp3) is 0.354. The number of benzene rings is 4. The van der Waals surface area contributed by atoms with E-state index in [4.69, 9.17) is 13.6 Å². The first kappa shape index (κ1) is 51.2. The van der Waals surface area contributed by atoms with Gasteiger partial charge in [-0.25, -0.2) is 21.6 Å². The van der Waals surface area contributed by atoms with Crippen LogP contribution in [0.2, 0.25) is 0 Å². The van der Waals surface area contributed by atoms with E-state index in [1.165, 1.54) is 8.61 Å². The van der Waals surface area contributed by atoms with Crippen LogP contribution in [-0.2, 0) is 37.9 Å². The maximum absolute atomic E-state index is 13.7. The van der Waals surface area contributed by atoms with Crippen molar-refractivity contribution >= 4 is 37.5 Å². The first-order valence-corrected chi connectivity index (χ1v) is 25.2. The zero-order valence-corrected chi connectivity index (χ0v) is 40.2. The molecule has 0 N–H and O–H groups in total. The highest BCUT2D eigenvalue weighted by Crippen LogP contribution is 2.41. The quantitative estimate of drug-likeness (QED) is 0.0836. The van der Waals surface area contributed by atoms with Crippen LogP contribution in [0.1, 0.15) is 69.4 Å². The Morgan fingerprint density at radius 1 is 0.714 bits per heavy atom. The zero-order chi connectivity index (χ0) is 50.3. The Balaban J connectivity index is 0.000000229. The van der Waals surface area contributed by atoms with E-state index in [1.54, 1.807) is 108 Å². The van der Waals surface area contributed by atoms with Crippen molar-refractivity contribution in [2.45, 2.75) is 65.2 Å². The standard InChI is InChI=1S/C30H37F2N5O5S.C18H15F2N3O3S/c1-29(2,3)42-28(38)36-20-30(21-36)13-15-35(16-14-30)17-18-43(39,40)37(24-7-5-4-6-8-24)19-22-9-11-23(12-10-22)26-33-34-27(41-26)25(31)32;1-2-27(24,25)23(15-6-4-3-5-7-15)12-13-8-10-14(11-9-13)17-21-22-18(26-17)16(19)20/h4-12,25H,13-21H2,1-3H3;2-11,16H,1,12H2. The molecule has 6 aromatic rings. The number of halogens is 4. The summed E-state index contributed by atoms with van der Waals surface area (Å²) in [6, 6.07) is 30.8. The number of piperidine rings is 1. The molecule has 2 aromatic heterocycles. The van der Waals surface area contributed by atoms with Gasteiger partial charge in [0.2, 0.25) is 21.8 Å². The summed E-state index contributed by atoms with van der Waals surface area (Å²) >= 11 is 0. The van der Waals surface area contributed by atoms with E-state index in [0.29, 0.717) is 53.3 Å². The molecule has 0 unspecified atom stereocenters. The molecule has 0 radical (unpaired) electrons. The maximum Gasteiger partial charge on any atom is 0.410 e. The molecule has 16 nitrogen and oxygen atoms in total. The first-order chi connectivity index (χ1) is 33.2. The molecule has 2 aliphatic rings. The Bertz CT molecular complexity index is 2910. The molecule has 0 bridgehead atoms. The molecule has 372 valence electrons. The number of rotatable bonds is 16. The van der Waals surface area contributed by atoms with Crippen LogP contribution >= 0.6 is 0 Å². The normalized spacial score (nSPS) is 15.0. The zero-order valence-electron chi connectivity index (χ0n) is 38.6. The number of alkyl halides is 4. The maximum atomic E-state index is 13.7. The smallest absolute Gasteiger partial charge is 0.410 e. The van der Waals surface area contributed by atoms with Crippen molar-refractivity contribution in [1.82, 2.24) is 30.2 Å². The van der Waals surface area contributed by atoms with Gasteiger partial charge in [0.1, 0.15) is 5.60 Å². The third kappa shape index (κ3) is 13.0. The summed E-state index contributed by atoms with van der Waals surface area (Å²) in [5, 5.41) is 14.8. The van der Waals surface area contributed by atoms with Crippen LogP contribution in [0.5, 0.6) is 0 Å². The first-order valence-electron chi connectivity index (χ1n) is 22.1. The molecule has 8 rings (SSSR count). The lowest BCUT2D eigenvalue weighted by Crippen LogP contribution is -2.62. The summed E-state index contributed by atoms with van der Waals surface area (Å²) in [5.74, 6) is -1.61. The number of carbonyl (C=O) groups is 1. The summed E-state index contributed by atoms with van der Waals surface area (Å²) in [6.45, 7) is 12.4. The van der Waals surface area contributed by atoms with Crippen LogP contribution in [0.15, 0.2) is 130 Å². The molecule has 1 spiro atoms. The molecular weight excluding hydrogens is 957 g/mol. The predicted molar refractivity (Wildman–Crippen MR) is 253 cm³/mol. The van der Waals surface area contributed by atoms with E-state index < -0.39 is 50.3 Å². The van der Waals surface area contributed by atoms with E-state index >= 15 is 0 Å². The van der Waals surface area contributed by atoms with E-state index in [0.717, 1.165) is 31.3 Å². The van der Waals surface area contributed by atoms with Crippen LogP contribution in [-0.4, -0.2) is 97.2 Å². The number of anilines is 2. The van der Waals surface area contributed by atoms with Crippen LogP contribution < -0.4 is 8.61 Å². The van der Waals surface area contributed by atoms with Crippen LogP contribution in [0, 0.1) is 5.41 Å². The molecule has 0 saturated carbocycles. The lowest BCUT2D eigenvalue weighted by molar-refractivity contribution is -0.0586. The fourth-order valence-electron chi connectivity index (χ4n) is 7.81. The highest BCUT2D eigenvalue weighted by Gasteiger charge is 2.48. The largest absolute Gasteiger partial charge is 0.444 e. The molecular formula is C48H52F4N8O8S2. The van der Waals surface area contributed by atoms with Gasteiger partial charge in [-0.05, 0) is 106 Å². The number of nitrogens with zero attached hydrogens (tertiary/aromatic N) is 8. The Morgan fingerprint density at radius 3 is 1.57 bits per heavy atom. The number of likely N-dealkylation sites (tertiary alicyclic amines) is 2. The Labute approximate surface area is 403 Å². The summed E-state index contributed by atoms with van der Waals surface area (Å²) in [4.78, 5) is 16.3. The summed E-state index contributed by atoms with van der Waals surface area (Å²) in [7, 11) is -7.41. The number of hydrogen-bond donors (Lipinski definition) is 0. The molecule has 2 aliphatic heterocycles. The molecule has 4 heterocycles. The minimum absolute atomic E-state index is 0.0304. The van der Waals surface area contributed by atoms with Gasteiger partial charge >= 0.3 is 18.9 Å². The lowest BCUT2D eigenvalue weighted by atomic mass is 9.72. The average Bonchev–Trinajstić information content (AvgIpc) is 4.04. The Kier molecular flexibility index (Phi) is 15.8. The number of hydrogen-bond acceptors (Lipinski definition) is 13. The van der Waals surface area contributed by atoms with E-state index in [-0.39, 0.29) is 42.1 Å². The highest BCUT2D eigenvalue weighted by molar-refractivity contribution is 7.95. The lowest BCUT2D eigenvalue weighted by Gasteiger charge is -2.53. The summed E-state index contributed by atoms with van der Waals surface area (Å²) in [5.41, 5.74) is 2.92. The molecule has 0 aliphatic carbocycles. The van der Waals surface area contributed by atoms with Crippen molar-refractivity contribution in [3.8, 4) is 22.9 Å². The predicted octanol–water partition coefficient (Wildman–Crippen LogP) is 9.50. The fourth-order valence-corrected chi connectivity index (χ4v) is 10.2. The number of carbonyl (C=O) groups excluding carboxylic acids is 1. The number of amides is 1. The van der Waals surface area contributed by atoms with Crippen LogP contribution in [0.3, 0.4) is 0 Å². The monoisotopic (exact) mass is 1010 g/mol. The van der Waals surface area contributed by atoms with E-state index in [2.05, 4.69) is 31.9 Å². The van der Waals surface area contributed by atoms with Gasteiger partial charge in [-0.3, -0.25) is 8.61 Å². The molecule has 2 saturated heterocycles. The van der Waals surface area contributed by atoms with Gasteiger partial charge in [0.25, 0.3) is 21.8 Å². The Morgan fingerprint density at radius 2 is 1.16 bits per heavy atom. The van der Waals surface area contributed by atoms with E-state index in [9.17, 15) is 39.2 Å². The SMILES string of the molecule is C=CS(=O)(=O)N(Cc1ccc(-c2nnc(C(F)F)o2)cc1)c1ccccc1.CC(C)(C)OC(=O)N1CC2(CCN(CCS(=O)(=O)N(Cc3ccc(-c4nnc(C(F)F)o4)cc3)c3ccccc3)CC2)C1.